The number of amides is 1. The van der Waals surface area contributed by atoms with Gasteiger partial charge in [0, 0.05) is 17.2 Å². The highest BCUT2D eigenvalue weighted by Crippen LogP contribution is 2.40. The molecular formula is C34H36N2O3S2. The van der Waals surface area contributed by atoms with E-state index in [9.17, 15) is 9.59 Å². The molecular weight excluding hydrogens is 549 g/mol. The van der Waals surface area contributed by atoms with E-state index in [0.717, 1.165) is 16.7 Å². The first-order valence-corrected chi connectivity index (χ1v) is 15.8. The molecule has 0 spiro atoms. The average Bonchev–Trinajstić information content (AvgIpc) is 3.47. The van der Waals surface area contributed by atoms with Gasteiger partial charge in [-0.05, 0) is 48.9 Å². The summed E-state index contributed by atoms with van der Waals surface area (Å²) >= 11 is 3.44. The molecule has 1 amide bonds. The summed E-state index contributed by atoms with van der Waals surface area (Å²) in [6.07, 6.45) is 0. The highest BCUT2D eigenvalue weighted by molar-refractivity contribution is 7.99. The first-order chi connectivity index (χ1) is 19.8. The molecule has 1 fully saturated rings. The molecule has 1 N–H and O–H groups in total. The number of hydrogen-bond donors (Lipinski definition) is 1. The molecule has 1 saturated heterocycles. The summed E-state index contributed by atoms with van der Waals surface area (Å²) in [6.45, 7) is 5.88. The van der Waals surface area contributed by atoms with Crippen LogP contribution < -0.4 is 5.32 Å². The SMILES string of the molecule is CC(C)(C)OC(=O)CN1C[C@H](c2cccs2)SC[C@H](NC(c2ccccc2)(c2ccccc2)c2ccccc2)C1=O. The lowest BCUT2D eigenvalue weighted by Crippen LogP contribution is -2.57. The van der Waals surface area contributed by atoms with E-state index in [0.29, 0.717) is 12.3 Å². The van der Waals surface area contributed by atoms with Crippen molar-refractivity contribution in [3.8, 4) is 0 Å². The zero-order chi connectivity index (χ0) is 28.9. The molecule has 7 heteroatoms. The minimum absolute atomic E-state index is 0.0627. The maximum Gasteiger partial charge on any atom is 0.326 e. The number of ether oxygens (including phenoxy) is 1. The summed E-state index contributed by atoms with van der Waals surface area (Å²) in [5.74, 6) is 0.0527. The van der Waals surface area contributed by atoms with Gasteiger partial charge < -0.3 is 9.64 Å². The topological polar surface area (TPSA) is 58.6 Å². The number of nitrogens with zero attached hydrogens (tertiary/aromatic N) is 1. The number of benzene rings is 3. The third-order valence-electron chi connectivity index (χ3n) is 7.07. The zero-order valence-corrected chi connectivity index (χ0v) is 25.3. The molecule has 1 aliphatic heterocycles. The molecule has 41 heavy (non-hydrogen) atoms. The number of carbonyl (C=O) groups is 2. The third-order valence-corrected chi connectivity index (χ3v) is 9.54. The van der Waals surface area contributed by atoms with Crippen LogP contribution in [0.15, 0.2) is 109 Å². The fraction of sp³-hybridized carbons (Fsp3) is 0.294. The van der Waals surface area contributed by atoms with Gasteiger partial charge in [-0.2, -0.15) is 0 Å². The van der Waals surface area contributed by atoms with Gasteiger partial charge >= 0.3 is 5.97 Å². The van der Waals surface area contributed by atoms with Crippen LogP contribution in [-0.4, -0.2) is 47.3 Å². The van der Waals surface area contributed by atoms with Crippen molar-refractivity contribution >= 4 is 35.0 Å². The molecule has 5 nitrogen and oxygen atoms in total. The molecule has 0 aliphatic carbocycles. The van der Waals surface area contributed by atoms with Crippen LogP contribution in [-0.2, 0) is 19.9 Å². The summed E-state index contributed by atoms with van der Waals surface area (Å²) < 4.78 is 5.64. The van der Waals surface area contributed by atoms with Gasteiger partial charge in [0.2, 0.25) is 5.91 Å². The lowest BCUT2D eigenvalue weighted by Gasteiger charge is -2.40. The highest BCUT2D eigenvalue weighted by Gasteiger charge is 2.43. The number of hydrogen-bond acceptors (Lipinski definition) is 6. The first kappa shape index (κ1) is 29.1. The normalized spacial score (nSPS) is 18.1. The monoisotopic (exact) mass is 584 g/mol. The van der Waals surface area contributed by atoms with Gasteiger partial charge in [0.15, 0.2) is 0 Å². The zero-order valence-electron chi connectivity index (χ0n) is 23.7. The maximum atomic E-state index is 14.4. The predicted molar refractivity (Wildman–Crippen MR) is 168 cm³/mol. The van der Waals surface area contributed by atoms with E-state index >= 15 is 0 Å². The third kappa shape index (κ3) is 6.75. The van der Waals surface area contributed by atoms with Crippen molar-refractivity contribution in [2.75, 3.05) is 18.8 Å². The van der Waals surface area contributed by atoms with Gasteiger partial charge in [0.05, 0.1) is 16.8 Å². The fourth-order valence-corrected chi connectivity index (χ4v) is 7.59. The Morgan fingerprint density at radius 3 is 1.85 bits per heavy atom. The van der Waals surface area contributed by atoms with Crippen LogP contribution in [0.3, 0.4) is 0 Å². The van der Waals surface area contributed by atoms with E-state index in [1.807, 2.05) is 81.4 Å². The first-order valence-electron chi connectivity index (χ1n) is 13.9. The lowest BCUT2D eigenvalue weighted by molar-refractivity contribution is -0.159. The lowest BCUT2D eigenvalue weighted by atomic mass is 9.76. The Labute approximate surface area is 250 Å². The molecule has 2 atom stereocenters. The van der Waals surface area contributed by atoms with Gasteiger partial charge in [0.1, 0.15) is 12.1 Å². The van der Waals surface area contributed by atoms with Crippen molar-refractivity contribution < 1.29 is 14.3 Å². The molecule has 4 aromatic rings. The summed E-state index contributed by atoms with van der Waals surface area (Å²) in [4.78, 5) is 30.2. The average molecular weight is 585 g/mol. The van der Waals surface area contributed by atoms with E-state index in [1.54, 1.807) is 28.0 Å². The predicted octanol–water partition coefficient (Wildman–Crippen LogP) is 6.66. The minimum atomic E-state index is -0.801. The summed E-state index contributed by atoms with van der Waals surface area (Å²) in [5, 5.41) is 5.98. The molecule has 0 radical (unpaired) electrons. The largest absolute Gasteiger partial charge is 0.459 e. The van der Waals surface area contributed by atoms with Gasteiger partial charge in [-0.25, -0.2) is 0 Å². The molecule has 2 heterocycles. The van der Waals surface area contributed by atoms with Gasteiger partial charge in [0.25, 0.3) is 0 Å². The Kier molecular flexibility index (Phi) is 8.97. The highest BCUT2D eigenvalue weighted by atomic mass is 32.2. The van der Waals surface area contributed by atoms with Crippen molar-refractivity contribution in [2.24, 2.45) is 0 Å². The van der Waals surface area contributed by atoms with Crippen LogP contribution in [0, 0.1) is 0 Å². The fourth-order valence-electron chi connectivity index (χ4n) is 5.34. The summed E-state index contributed by atoms with van der Waals surface area (Å²) in [6, 6.07) is 34.4. The van der Waals surface area contributed by atoms with Crippen LogP contribution >= 0.6 is 23.1 Å². The molecule has 212 valence electrons. The Morgan fingerprint density at radius 1 is 0.854 bits per heavy atom. The number of carbonyl (C=O) groups excluding carboxylic acids is 2. The number of thiophene rings is 1. The van der Waals surface area contributed by atoms with E-state index < -0.39 is 23.2 Å². The Hall–Kier alpha value is -3.39. The van der Waals surface area contributed by atoms with Crippen molar-refractivity contribution in [3.63, 3.8) is 0 Å². The smallest absolute Gasteiger partial charge is 0.326 e. The molecule has 1 aromatic heterocycles. The van der Waals surface area contributed by atoms with Crippen LogP contribution in [0.5, 0.6) is 0 Å². The number of thioether (sulfide) groups is 1. The van der Waals surface area contributed by atoms with Crippen LogP contribution in [0.25, 0.3) is 0 Å². The maximum absolute atomic E-state index is 14.4. The standard InChI is InChI=1S/C34H36N2O3S2/c1-33(2,3)39-31(37)23-36-22-30(29-20-13-21-40-29)41-24-28(32(36)38)35-34(25-14-7-4-8-15-25,26-16-9-5-10-17-26)27-18-11-6-12-19-27/h4-21,28,30,35H,22-24H2,1-3H3/t28-,30+/m0/s1. The van der Waals surface area contributed by atoms with E-state index in [4.69, 9.17) is 4.74 Å². The quantitative estimate of drug-likeness (QED) is 0.186. The minimum Gasteiger partial charge on any atom is -0.459 e. The van der Waals surface area contributed by atoms with Gasteiger partial charge in [-0.3, -0.25) is 14.9 Å². The Bertz CT molecular complexity index is 1320. The van der Waals surface area contributed by atoms with E-state index in [2.05, 4.69) is 53.2 Å². The molecule has 0 bridgehead atoms. The van der Waals surface area contributed by atoms with Crippen molar-refractivity contribution in [3.05, 3.63) is 130 Å². The Morgan fingerprint density at radius 2 is 1.39 bits per heavy atom. The van der Waals surface area contributed by atoms with Crippen molar-refractivity contribution in [2.45, 2.75) is 43.2 Å². The second-order valence-corrected chi connectivity index (χ2v) is 13.4. The number of esters is 1. The van der Waals surface area contributed by atoms with E-state index in [1.165, 1.54) is 4.88 Å². The van der Waals surface area contributed by atoms with Crippen molar-refractivity contribution in [1.82, 2.24) is 10.2 Å². The van der Waals surface area contributed by atoms with Gasteiger partial charge in [-0.15, -0.1) is 23.1 Å². The number of rotatable bonds is 8. The van der Waals surface area contributed by atoms with Crippen LogP contribution in [0.2, 0.25) is 0 Å². The van der Waals surface area contributed by atoms with Crippen molar-refractivity contribution in [1.29, 1.82) is 0 Å². The number of nitrogens with one attached hydrogen (secondary N) is 1. The second-order valence-electron chi connectivity index (χ2n) is 11.2. The van der Waals surface area contributed by atoms with E-state index in [-0.39, 0.29) is 17.7 Å². The van der Waals surface area contributed by atoms with Crippen LogP contribution in [0.1, 0.15) is 47.6 Å². The molecule has 3 aromatic carbocycles. The summed E-state index contributed by atoms with van der Waals surface area (Å²) in [7, 11) is 0. The van der Waals surface area contributed by atoms with Gasteiger partial charge in [-0.1, -0.05) is 97.1 Å². The molecule has 0 saturated carbocycles. The molecule has 5 rings (SSSR count). The van der Waals surface area contributed by atoms with Crippen LogP contribution in [0.4, 0.5) is 0 Å². The molecule has 1 aliphatic rings. The second kappa shape index (κ2) is 12.6. The summed E-state index contributed by atoms with van der Waals surface area (Å²) in [5.41, 5.74) is 1.67. The Balaban J connectivity index is 1.58. The molecule has 0 unspecified atom stereocenters.